The summed E-state index contributed by atoms with van der Waals surface area (Å²) in [7, 11) is 0. The van der Waals surface area contributed by atoms with Crippen LogP contribution in [0.2, 0.25) is 0 Å². The number of esters is 1. The van der Waals surface area contributed by atoms with Crippen molar-refractivity contribution < 1.29 is 29.3 Å². The Labute approximate surface area is 172 Å². The number of ether oxygens (including phenoxy) is 2. The van der Waals surface area contributed by atoms with E-state index in [9.17, 15) is 19.8 Å². The zero-order valence-electron chi connectivity index (χ0n) is 16.3. The Kier molecular flexibility index (Phi) is 3.71. The predicted octanol–water partition coefficient (Wildman–Crippen LogP) is 4.50. The van der Waals surface area contributed by atoms with Crippen molar-refractivity contribution >= 4 is 11.8 Å². The molecule has 6 nitrogen and oxygen atoms in total. The molecule has 0 bridgehead atoms. The number of carbonyl (C=O) groups excluding carboxylic acids is 2. The van der Waals surface area contributed by atoms with Gasteiger partial charge in [0.15, 0.2) is 11.4 Å². The summed E-state index contributed by atoms with van der Waals surface area (Å²) in [6.07, 6.45) is 0. The Balaban J connectivity index is 1.87. The van der Waals surface area contributed by atoms with Crippen molar-refractivity contribution in [1.29, 1.82) is 0 Å². The van der Waals surface area contributed by atoms with Gasteiger partial charge < -0.3 is 19.7 Å². The standard InChI is InChI=1S/C24H18O6/c1-12(2)22(27)15-4-3-5-18-21(15)23(28)30-24(18)16-8-6-13(25)10-19(16)29-20-11-14(26)7-9-17(20)24/h3-12,25-26H,1-2H3. The molecular formula is C24H18O6. The lowest BCUT2D eigenvalue weighted by atomic mass is 9.76. The lowest BCUT2D eigenvalue weighted by Gasteiger charge is -2.36. The zero-order chi connectivity index (χ0) is 21.2. The van der Waals surface area contributed by atoms with Crippen LogP contribution >= 0.6 is 0 Å². The van der Waals surface area contributed by atoms with Crippen molar-refractivity contribution in [2.45, 2.75) is 19.4 Å². The van der Waals surface area contributed by atoms with Gasteiger partial charge in [-0.05, 0) is 24.3 Å². The average molecular weight is 402 g/mol. The molecule has 30 heavy (non-hydrogen) atoms. The second-order valence-corrected chi connectivity index (χ2v) is 7.78. The molecular weight excluding hydrogens is 384 g/mol. The fourth-order valence-corrected chi connectivity index (χ4v) is 4.26. The van der Waals surface area contributed by atoms with E-state index in [1.165, 1.54) is 24.3 Å². The molecule has 0 atom stereocenters. The molecule has 0 amide bonds. The molecule has 2 aliphatic heterocycles. The number of Topliss-reactive ketones (excluding diaryl/α,β-unsaturated/α-hetero) is 1. The van der Waals surface area contributed by atoms with Crippen LogP contribution in [-0.2, 0) is 10.3 Å². The minimum atomic E-state index is -1.36. The van der Waals surface area contributed by atoms with Crippen molar-refractivity contribution in [3.63, 3.8) is 0 Å². The number of phenolic OH excluding ortho intramolecular Hbond substituents is 2. The second-order valence-electron chi connectivity index (χ2n) is 7.78. The molecule has 0 radical (unpaired) electrons. The largest absolute Gasteiger partial charge is 0.508 e. The maximum atomic E-state index is 13.1. The number of fused-ring (bicyclic) bond motifs is 6. The highest BCUT2D eigenvalue weighted by molar-refractivity contribution is 6.10. The Morgan fingerprint density at radius 1 is 0.900 bits per heavy atom. The summed E-state index contributed by atoms with van der Waals surface area (Å²) < 4.78 is 11.9. The van der Waals surface area contributed by atoms with Gasteiger partial charge in [-0.1, -0.05) is 32.0 Å². The Morgan fingerprint density at radius 3 is 2.07 bits per heavy atom. The summed E-state index contributed by atoms with van der Waals surface area (Å²) in [5.41, 5.74) is 0.776. The van der Waals surface area contributed by atoms with Crippen LogP contribution in [0.5, 0.6) is 23.0 Å². The fourth-order valence-electron chi connectivity index (χ4n) is 4.26. The van der Waals surface area contributed by atoms with E-state index in [0.717, 1.165) is 0 Å². The van der Waals surface area contributed by atoms with E-state index in [2.05, 4.69) is 0 Å². The molecule has 0 unspecified atom stereocenters. The molecule has 1 spiro atoms. The van der Waals surface area contributed by atoms with Gasteiger partial charge in [-0.2, -0.15) is 0 Å². The molecule has 3 aromatic rings. The zero-order valence-corrected chi connectivity index (χ0v) is 16.3. The Morgan fingerprint density at radius 2 is 1.50 bits per heavy atom. The topological polar surface area (TPSA) is 93.1 Å². The van der Waals surface area contributed by atoms with Crippen LogP contribution in [0.3, 0.4) is 0 Å². The van der Waals surface area contributed by atoms with E-state index in [-0.39, 0.29) is 28.8 Å². The molecule has 0 aromatic heterocycles. The summed E-state index contributed by atoms with van der Waals surface area (Å²) in [5, 5.41) is 19.9. The third kappa shape index (κ3) is 2.30. The van der Waals surface area contributed by atoms with Crippen LogP contribution in [-0.4, -0.2) is 22.0 Å². The average Bonchev–Trinajstić information content (AvgIpc) is 3.00. The molecule has 6 heteroatoms. The van der Waals surface area contributed by atoms with E-state index in [1.807, 2.05) is 0 Å². The third-order valence-corrected chi connectivity index (χ3v) is 5.59. The third-order valence-electron chi connectivity index (χ3n) is 5.59. The number of rotatable bonds is 2. The summed E-state index contributed by atoms with van der Waals surface area (Å²) in [5.74, 6) is -0.464. The fraction of sp³-hybridized carbons (Fsp3) is 0.167. The second kappa shape index (κ2) is 6.10. The lowest BCUT2D eigenvalue weighted by molar-refractivity contribution is 0.0223. The van der Waals surface area contributed by atoms with E-state index < -0.39 is 11.6 Å². The van der Waals surface area contributed by atoms with Crippen LogP contribution in [0.15, 0.2) is 54.6 Å². The van der Waals surface area contributed by atoms with Crippen LogP contribution < -0.4 is 4.74 Å². The number of hydrogen-bond acceptors (Lipinski definition) is 6. The number of phenols is 2. The predicted molar refractivity (Wildman–Crippen MR) is 107 cm³/mol. The van der Waals surface area contributed by atoms with Gasteiger partial charge in [-0.3, -0.25) is 4.79 Å². The summed E-state index contributed by atoms with van der Waals surface area (Å²) in [4.78, 5) is 25.9. The molecule has 0 fully saturated rings. The molecule has 0 aliphatic carbocycles. The van der Waals surface area contributed by atoms with Crippen molar-refractivity contribution in [2.75, 3.05) is 0 Å². The highest BCUT2D eigenvalue weighted by atomic mass is 16.6. The first-order valence-corrected chi connectivity index (χ1v) is 9.59. The van der Waals surface area contributed by atoms with Crippen molar-refractivity contribution in [3.8, 4) is 23.0 Å². The summed E-state index contributed by atoms with van der Waals surface area (Å²) in [6, 6.07) is 14.2. The van der Waals surface area contributed by atoms with Crippen LogP contribution in [0.25, 0.3) is 0 Å². The van der Waals surface area contributed by atoms with Gasteiger partial charge in [-0.15, -0.1) is 0 Å². The molecule has 3 aromatic carbocycles. The van der Waals surface area contributed by atoms with Crippen LogP contribution in [0, 0.1) is 5.92 Å². The van der Waals surface area contributed by atoms with Gasteiger partial charge in [0, 0.05) is 40.3 Å². The molecule has 5 rings (SSSR count). The van der Waals surface area contributed by atoms with Gasteiger partial charge in [0.25, 0.3) is 0 Å². The molecule has 0 saturated heterocycles. The number of aromatic hydroxyl groups is 2. The highest BCUT2D eigenvalue weighted by Gasteiger charge is 2.54. The molecule has 2 aliphatic rings. The van der Waals surface area contributed by atoms with Crippen LogP contribution in [0.4, 0.5) is 0 Å². The number of ketones is 1. The maximum absolute atomic E-state index is 13.1. The van der Waals surface area contributed by atoms with Crippen molar-refractivity contribution in [3.05, 3.63) is 82.4 Å². The lowest BCUT2D eigenvalue weighted by Crippen LogP contribution is -2.32. The number of hydrogen-bond donors (Lipinski definition) is 2. The highest BCUT2D eigenvalue weighted by Crippen LogP contribution is 2.57. The van der Waals surface area contributed by atoms with Gasteiger partial charge in [0.1, 0.15) is 23.0 Å². The number of carbonyl (C=O) groups is 2. The molecule has 0 saturated carbocycles. The van der Waals surface area contributed by atoms with E-state index in [1.54, 1.807) is 44.2 Å². The molecule has 2 heterocycles. The van der Waals surface area contributed by atoms with Gasteiger partial charge in [0.2, 0.25) is 0 Å². The minimum absolute atomic E-state index is 0.0132. The Hall–Kier alpha value is -3.80. The first-order chi connectivity index (χ1) is 14.3. The first kappa shape index (κ1) is 18.2. The van der Waals surface area contributed by atoms with Crippen LogP contribution in [0.1, 0.15) is 51.3 Å². The summed E-state index contributed by atoms with van der Waals surface area (Å²) in [6.45, 7) is 3.56. The molecule has 150 valence electrons. The SMILES string of the molecule is CC(C)C(=O)c1cccc2c1C(=O)OC21c2ccc(O)cc2Oc2cc(O)ccc21. The van der Waals surface area contributed by atoms with Crippen molar-refractivity contribution in [2.24, 2.45) is 5.92 Å². The molecule has 2 N–H and O–H groups in total. The van der Waals surface area contributed by atoms with E-state index in [0.29, 0.717) is 33.8 Å². The number of benzene rings is 3. The van der Waals surface area contributed by atoms with Gasteiger partial charge in [0.05, 0.1) is 5.56 Å². The Bertz CT molecular complexity index is 1190. The normalized spacial score (nSPS) is 15.2. The van der Waals surface area contributed by atoms with E-state index in [4.69, 9.17) is 9.47 Å². The smallest absolute Gasteiger partial charge is 0.340 e. The van der Waals surface area contributed by atoms with Crippen molar-refractivity contribution in [1.82, 2.24) is 0 Å². The quantitative estimate of drug-likeness (QED) is 0.484. The summed E-state index contributed by atoms with van der Waals surface area (Å²) >= 11 is 0. The monoisotopic (exact) mass is 402 g/mol. The first-order valence-electron chi connectivity index (χ1n) is 9.59. The van der Waals surface area contributed by atoms with Gasteiger partial charge in [-0.25, -0.2) is 4.79 Å². The minimum Gasteiger partial charge on any atom is -0.508 e. The van der Waals surface area contributed by atoms with E-state index >= 15 is 0 Å². The maximum Gasteiger partial charge on any atom is 0.340 e. The van der Waals surface area contributed by atoms with Gasteiger partial charge >= 0.3 is 5.97 Å².